The number of carboxylic acid groups (broad SMARTS) is 1. The number of amides is 1. The third-order valence-corrected chi connectivity index (χ3v) is 2.62. The van der Waals surface area contributed by atoms with Crippen LogP contribution >= 0.6 is 0 Å². The quantitative estimate of drug-likeness (QED) is 0.716. The van der Waals surface area contributed by atoms with Crippen LogP contribution < -0.4 is 0 Å². The number of hydrogen-bond donors (Lipinski definition) is 1. The molecule has 1 unspecified atom stereocenters. The Morgan fingerprint density at radius 1 is 1.43 bits per heavy atom. The lowest BCUT2D eigenvalue weighted by Gasteiger charge is -2.36. The summed E-state index contributed by atoms with van der Waals surface area (Å²) in [5.41, 5.74) is 0. The van der Waals surface area contributed by atoms with E-state index < -0.39 is 6.09 Å². The lowest BCUT2D eigenvalue weighted by Crippen LogP contribution is -2.51. The second-order valence-electron chi connectivity index (χ2n) is 3.61. The number of rotatable bonds is 3. The maximum absolute atomic E-state index is 10.6. The van der Waals surface area contributed by atoms with Crippen molar-refractivity contribution in [1.29, 1.82) is 0 Å². The van der Waals surface area contributed by atoms with Crippen LogP contribution in [0.25, 0.3) is 0 Å². The molecule has 1 amide bonds. The molecular formula is C9H18N2O3. The molecule has 5 nitrogen and oxygen atoms in total. The number of ether oxygens (including phenoxy) is 1. The van der Waals surface area contributed by atoms with E-state index in [1.54, 1.807) is 7.11 Å². The normalized spacial score (nSPS) is 20.9. The standard InChI is InChI=1S/C9H18N2O3/c1-8(7-14-2)10-3-5-11(6-4-10)9(12)13/h8H,3-7H2,1-2H3,(H,12,13). The molecule has 1 saturated heterocycles. The van der Waals surface area contributed by atoms with Crippen LogP contribution in [0.1, 0.15) is 6.92 Å². The van der Waals surface area contributed by atoms with Crippen molar-refractivity contribution in [2.24, 2.45) is 0 Å². The van der Waals surface area contributed by atoms with Gasteiger partial charge in [-0.25, -0.2) is 4.79 Å². The molecule has 0 radical (unpaired) electrons. The minimum absolute atomic E-state index is 0.371. The highest BCUT2D eigenvalue weighted by Crippen LogP contribution is 2.06. The van der Waals surface area contributed by atoms with Gasteiger partial charge in [-0.1, -0.05) is 0 Å². The molecule has 1 heterocycles. The van der Waals surface area contributed by atoms with Gasteiger partial charge in [-0.3, -0.25) is 4.90 Å². The van der Waals surface area contributed by atoms with Crippen LogP contribution in [0.3, 0.4) is 0 Å². The summed E-state index contributed by atoms with van der Waals surface area (Å²) in [7, 11) is 1.68. The Balaban J connectivity index is 2.31. The molecule has 0 aromatic heterocycles. The first-order chi connectivity index (χ1) is 6.65. The zero-order chi connectivity index (χ0) is 10.6. The molecule has 1 fully saturated rings. The average Bonchev–Trinajstić information content (AvgIpc) is 2.18. The molecule has 1 atom stereocenters. The maximum Gasteiger partial charge on any atom is 0.407 e. The van der Waals surface area contributed by atoms with Crippen molar-refractivity contribution in [3.63, 3.8) is 0 Å². The van der Waals surface area contributed by atoms with Crippen LogP contribution in [-0.4, -0.2) is 66.9 Å². The smallest absolute Gasteiger partial charge is 0.407 e. The number of nitrogens with zero attached hydrogens (tertiary/aromatic N) is 2. The summed E-state index contributed by atoms with van der Waals surface area (Å²) in [6.07, 6.45) is -0.816. The second kappa shape index (κ2) is 5.17. The predicted octanol–water partition coefficient (Wildman–Crippen LogP) is 0.317. The van der Waals surface area contributed by atoms with E-state index in [1.165, 1.54) is 4.90 Å². The van der Waals surface area contributed by atoms with Crippen LogP contribution in [0.5, 0.6) is 0 Å². The van der Waals surface area contributed by atoms with Gasteiger partial charge in [0.15, 0.2) is 0 Å². The van der Waals surface area contributed by atoms with Crippen molar-refractivity contribution in [2.75, 3.05) is 39.9 Å². The Morgan fingerprint density at radius 2 is 2.00 bits per heavy atom. The minimum Gasteiger partial charge on any atom is -0.465 e. The summed E-state index contributed by atoms with van der Waals surface area (Å²) in [6.45, 7) is 5.60. The molecule has 1 rings (SSSR count). The van der Waals surface area contributed by atoms with Crippen molar-refractivity contribution in [3.05, 3.63) is 0 Å². The molecule has 0 bridgehead atoms. The third-order valence-electron chi connectivity index (χ3n) is 2.62. The average molecular weight is 202 g/mol. The Hall–Kier alpha value is -0.810. The molecule has 0 spiro atoms. The van der Waals surface area contributed by atoms with Crippen molar-refractivity contribution < 1.29 is 14.6 Å². The summed E-state index contributed by atoms with van der Waals surface area (Å²) >= 11 is 0. The molecular weight excluding hydrogens is 184 g/mol. The summed E-state index contributed by atoms with van der Waals surface area (Å²) in [6, 6.07) is 0.371. The van der Waals surface area contributed by atoms with Gasteiger partial charge in [-0.15, -0.1) is 0 Å². The number of carbonyl (C=O) groups is 1. The SMILES string of the molecule is COCC(C)N1CCN(C(=O)O)CC1. The van der Waals surface area contributed by atoms with Gasteiger partial charge in [0.25, 0.3) is 0 Å². The predicted molar refractivity (Wildman–Crippen MR) is 52.5 cm³/mol. The Labute approximate surface area is 84.2 Å². The van der Waals surface area contributed by atoms with Gasteiger partial charge in [0, 0.05) is 39.3 Å². The molecule has 0 aliphatic carbocycles. The summed E-state index contributed by atoms with van der Waals surface area (Å²) in [5.74, 6) is 0. The lowest BCUT2D eigenvalue weighted by atomic mass is 10.2. The molecule has 5 heteroatoms. The number of piperazine rings is 1. The van der Waals surface area contributed by atoms with Gasteiger partial charge in [-0.2, -0.15) is 0 Å². The zero-order valence-corrected chi connectivity index (χ0v) is 8.77. The topological polar surface area (TPSA) is 53.0 Å². The Kier molecular flexibility index (Phi) is 4.16. The van der Waals surface area contributed by atoms with Gasteiger partial charge in [0.05, 0.1) is 6.61 Å². The van der Waals surface area contributed by atoms with Gasteiger partial charge >= 0.3 is 6.09 Å². The first kappa shape index (κ1) is 11.3. The van der Waals surface area contributed by atoms with Crippen LogP contribution in [0, 0.1) is 0 Å². The minimum atomic E-state index is -0.816. The summed E-state index contributed by atoms with van der Waals surface area (Å²) in [5, 5.41) is 8.75. The fourth-order valence-electron chi connectivity index (χ4n) is 1.70. The second-order valence-corrected chi connectivity index (χ2v) is 3.61. The summed E-state index contributed by atoms with van der Waals surface area (Å²) < 4.78 is 5.06. The Morgan fingerprint density at radius 3 is 2.43 bits per heavy atom. The van der Waals surface area contributed by atoms with E-state index in [-0.39, 0.29) is 0 Å². The molecule has 0 saturated carbocycles. The van der Waals surface area contributed by atoms with Gasteiger partial charge in [0.1, 0.15) is 0 Å². The van der Waals surface area contributed by atoms with Crippen LogP contribution in [0.15, 0.2) is 0 Å². The number of hydrogen-bond acceptors (Lipinski definition) is 3. The van der Waals surface area contributed by atoms with E-state index in [0.717, 1.165) is 13.1 Å². The van der Waals surface area contributed by atoms with Crippen LogP contribution in [0.4, 0.5) is 4.79 Å². The fraction of sp³-hybridized carbons (Fsp3) is 0.889. The largest absolute Gasteiger partial charge is 0.465 e. The highest BCUT2D eigenvalue weighted by Gasteiger charge is 2.23. The molecule has 1 N–H and O–H groups in total. The molecule has 82 valence electrons. The highest BCUT2D eigenvalue weighted by atomic mass is 16.5. The van der Waals surface area contributed by atoms with E-state index in [1.807, 2.05) is 0 Å². The Bertz CT molecular complexity index is 190. The third kappa shape index (κ3) is 2.85. The van der Waals surface area contributed by atoms with E-state index >= 15 is 0 Å². The van der Waals surface area contributed by atoms with E-state index in [4.69, 9.17) is 9.84 Å². The van der Waals surface area contributed by atoms with Crippen molar-refractivity contribution in [1.82, 2.24) is 9.80 Å². The van der Waals surface area contributed by atoms with E-state index in [9.17, 15) is 4.79 Å². The first-order valence-corrected chi connectivity index (χ1v) is 4.86. The van der Waals surface area contributed by atoms with Crippen LogP contribution in [-0.2, 0) is 4.74 Å². The summed E-state index contributed by atoms with van der Waals surface area (Å²) in [4.78, 5) is 14.3. The van der Waals surface area contributed by atoms with Gasteiger partial charge in [-0.05, 0) is 6.92 Å². The molecule has 0 aromatic rings. The fourth-order valence-corrected chi connectivity index (χ4v) is 1.70. The van der Waals surface area contributed by atoms with Crippen molar-refractivity contribution in [3.8, 4) is 0 Å². The maximum atomic E-state index is 10.6. The molecule has 0 aromatic carbocycles. The van der Waals surface area contributed by atoms with E-state index in [2.05, 4.69) is 11.8 Å². The highest BCUT2D eigenvalue weighted by molar-refractivity contribution is 5.65. The van der Waals surface area contributed by atoms with E-state index in [0.29, 0.717) is 25.7 Å². The zero-order valence-electron chi connectivity index (χ0n) is 8.77. The van der Waals surface area contributed by atoms with Gasteiger partial charge < -0.3 is 14.7 Å². The lowest BCUT2D eigenvalue weighted by molar-refractivity contribution is 0.0563. The monoisotopic (exact) mass is 202 g/mol. The molecule has 1 aliphatic rings. The van der Waals surface area contributed by atoms with Gasteiger partial charge in [0.2, 0.25) is 0 Å². The van der Waals surface area contributed by atoms with Crippen molar-refractivity contribution in [2.45, 2.75) is 13.0 Å². The first-order valence-electron chi connectivity index (χ1n) is 4.86. The van der Waals surface area contributed by atoms with Crippen molar-refractivity contribution >= 4 is 6.09 Å². The number of methoxy groups -OCH3 is 1. The molecule has 14 heavy (non-hydrogen) atoms. The molecule has 1 aliphatic heterocycles. The van der Waals surface area contributed by atoms with Crippen LogP contribution in [0.2, 0.25) is 0 Å².